The molecule has 0 fully saturated rings. The first-order valence-electron chi connectivity index (χ1n) is 7.78. The van der Waals surface area contributed by atoms with Gasteiger partial charge in [0, 0.05) is 12.1 Å². The van der Waals surface area contributed by atoms with Gasteiger partial charge in [-0.3, -0.25) is 9.59 Å². The van der Waals surface area contributed by atoms with Crippen molar-refractivity contribution in [3.8, 4) is 0 Å². The maximum Gasteiger partial charge on any atom is 0.313 e. The average Bonchev–Trinajstić information content (AvgIpc) is 2.58. The number of aliphatic carboxylic acids is 1. The van der Waals surface area contributed by atoms with Gasteiger partial charge in [0.1, 0.15) is 0 Å². The van der Waals surface area contributed by atoms with Crippen LogP contribution in [0.5, 0.6) is 0 Å². The number of carboxylic acid groups (broad SMARTS) is 1. The lowest BCUT2D eigenvalue weighted by atomic mass is 9.84. The molecule has 2 aromatic rings. The highest BCUT2D eigenvalue weighted by molar-refractivity contribution is 5.94. The Morgan fingerprint density at radius 1 is 1.08 bits per heavy atom. The molecule has 0 radical (unpaired) electrons. The van der Waals surface area contributed by atoms with Crippen LogP contribution >= 0.6 is 0 Å². The second-order valence-electron chi connectivity index (χ2n) is 6.23. The number of amides is 1. The van der Waals surface area contributed by atoms with Crippen LogP contribution in [0.3, 0.4) is 0 Å². The van der Waals surface area contributed by atoms with Crippen molar-refractivity contribution >= 4 is 11.9 Å². The summed E-state index contributed by atoms with van der Waals surface area (Å²) in [6, 6.07) is 10.2. The molecule has 2 aromatic carbocycles. The second kappa shape index (κ2) is 7.42. The van der Waals surface area contributed by atoms with E-state index in [1.807, 2.05) is 0 Å². The fraction of sp³-hybridized carbons (Fsp3) is 0.263. The fourth-order valence-corrected chi connectivity index (χ4v) is 2.32. The molecule has 0 unspecified atom stereocenters. The maximum atomic E-state index is 13.5. The van der Waals surface area contributed by atoms with Crippen LogP contribution in [0.2, 0.25) is 0 Å². The van der Waals surface area contributed by atoms with Gasteiger partial charge in [0.15, 0.2) is 11.6 Å². The van der Waals surface area contributed by atoms with Gasteiger partial charge in [-0.2, -0.15) is 0 Å². The predicted octanol–water partition coefficient (Wildman–Crippen LogP) is 3.30. The van der Waals surface area contributed by atoms with E-state index in [0.717, 1.165) is 6.07 Å². The van der Waals surface area contributed by atoms with E-state index in [9.17, 15) is 23.5 Å². The quantitative estimate of drug-likeness (QED) is 0.843. The van der Waals surface area contributed by atoms with Gasteiger partial charge in [-0.15, -0.1) is 0 Å². The molecule has 2 N–H and O–H groups in total. The number of carboxylic acids is 1. The number of carbonyl (C=O) groups is 2. The number of hydrogen-bond acceptors (Lipinski definition) is 2. The molecule has 6 heteroatoms. The Bertz CT molecular complexity index is 786. The predicted molar refractivity (Wildman–Crippen MR) is 89.5 cm³/mol. The third kappa shape index (κ3) is 4.21. The number of rotatable bonds is 6. The smallest absolute Gasteiger partial charge is 0.313 e. The number of carbonyl (C=O) groups excluding carboxylic acids is 1. The van der Waals surface area contributed by atoms with Crippen molar-refractivity contribution in [1.82, 2.24) is 5.32 Å². The molecule has 0 atom stereocenters. The second-order valence-corrected chi connectivity index (χ2v) is 6.23. The van der Waals surface area contributed by atoms with Crippen LogP contribution in [-0.4, -0.2) is 23.5 Å². The summed E-state index contributed by atoms with van der Waals surface area (Å²) in [6.07, 6.45) is 0.166. The molecule has 0 saturated carbocycles. The van der Waals surface area contributed by atoms with Crippen LogP contribution in [-0.2, 0) is 16.6 Å². The van der Waals surface area contributed by atoms with Gasteiger partial charge >= 0.3 is 5.97 Å². The zero-order valence-corrected chi connectivity index (χ0v) is 14.0. The molecule has 25 heavy (non-hydrogen) atoms. The van der Waals surface area contributed by atoms with E-state index >= 15 is 0 Å². The van der Waals surface area contributed by atoms with Crippen LogP contribution in [0, 0.1) is 11.6 Å². The van der Waals surface area contributed by atoms with Gasteiger partial charge in [0.25, 0.3) is 5.91 Å². The molecular weight excluding hydrogens is 328 g/mol. The molecule has 0 aliphatic rings. The van der Waals surface area contributed by atoms with E-state index in [4.69, 9.17) is 0 Å². The Labute approximate surface area is 144 Å². The minimum Gasteiger partial charge on any atom is -0.481 e. The van der Waals surface area contributed by atoms with Crippen LogP contribution in [0.15, 0.2) is 42.5 Å². The molecule has 0 aromatic heterocycles. The summed E-state index contributed by atoms with van der Waals surface area (Å²) in [7, 11) is 0. The molecular formula is C19H19F2NO3. The summed E-state index contributed by atoms with van der Waals surface area (Å²) < 4.78 is 26.7. The number of benzene rings is 2. The number of hydrogen-bond donors (Lipinski definition) is 2. The van der Waals surface area contributed by atoms with Gasteiger partial charge in [-0.25, -0.2) is 8.78 Å². The summed E-state index contributed by atoms with van der Waals surface area (Å²) >= 11 is 0. The Morgan fingerprint density at radius 2 is 1.72 bits per heavy atom. The summed E-state index contributed by atoms with van der Waals surface area (Å²) in [4.78, 5) is 23.3. The molecule has 0 spiro atoms. The van der Waals surface area contributed by atoms with Crippen molar-refractivity contribution in [2.75, 3.05) is 6.54 Å². The van der Waals surface area contributed by atoms with E-state index in [1.165, 1.54) is 24.3 Å². The summed E-state index contributed by atoms with van der Waals surface area (Å²) in [5.41, 5.74) is 0.0890. The van der Waals surface area contributed by atoms with E-state index < -0.39 is 23.0 Å². The zero-order valence-electron chi connectivity index (χ0n) is 14.0. The SMILES string of the molecule is CC(C)(C(=O)O)c1ccc(C(=O)NCCc2cccc(F)c2F)cc1. The minimum atomic E-state index is -1.05. The minimum absolute atomic E-state index is 0.154. The normalized spacial score (nSPS) is 11.2. The van der Waals surface area contributed by atoms with Gasteiger partial charge in [0.05, 0.1) is 5.41 Å². The van der Waals surface area contributed by atoms with Gasteiger partial charge in [0.2, 0.25) is 0 Å². The lowest BCUT2D eigenvalue weighted by Gasteiger charge is -2.19. The van der Waals surface area contributed by atoms with Crippen molar-refractivity contribution in [2.45, 2.75) is 25.7 Å². The van der Waals surface area contributed by atoms with Crippen molar-refractivity contribution in [3.05, 3.63) is 70.8 Å². The lowest BCUT2D eigenvalue weighted by Crippen LogP contribution is -2.29. The van der Waals surface area contributed by atoms with E-state index in [1.54, 1.807) is 26.0 Å². The highest BCUT2D eigenvalue weighted by Gasteiger charge is 2.29. The van der Waals surface area contributed by atoms with Crippen LogP contribution < -0.4 is 5.32 Å². The average molecular weight is 347 g/mol. The first-order chi connectivity index (χ1) is 11.7. The molecule has 1 amide bonds. The summed E-state index contributed by atoms with van der Waals surface area (Å²) in [6.45, 7) is 3.32. The molecule has 0 saturated heterocycles. The maximum absolute atomic E-state index is 13.5. The van der Waals surface area contributed by atoms with Crippen molar-refractivity contribution in [1.29, 1.82) is 0 Å². The van der Waals surface area contributed by atoms with Crippen LogP contribution in [0.1, 0.15) is 35.3 Å². The fourth-order valence-electron chi connectivity index (χ4n) is 2.32. The molecule has 4 nitrogen and oxygen atoms in total. The monoisotopic (exact) mass is 347 g/mol. The Kier molecular flexibility index (Phi) is 5.51. The Morgan fingerprint density at radius 3 is 2.32 bits per heavy atom. The summed E-state index contributed by atoms with van der Waals surface area (Å²) in [5.74, 6) is -3.14. The largest absolute Gasteiger partial charge is 0.481 e. The van der Waals surface area contributed by atoms with Crippen molar-refractivity contribution in [2.24, 2.45) is 0 Å². The highest BCUT2D eigenvalue weighted by Crippen LogP contribution is 2.23. The topological polar surface area (TPSA) is 66.4 Å². The first-order valence-corrected chi connectivity index (χ1v) is 7.78. The first kappa shape index (κ1) is 18.6. The molecule has 2 rings (SSSR count). The molecule has 0 aliphatic heterocycles. The highest BCUT2D eigenvalue weighted by atomic mass is 19.2. The van der Waals surface area contributed by atoms with E-state index in [0.29, 0.717) is 11.1 Å². The Balaban J connectivity index is 1.97. The van der Waals surface area contributed by atoms with Crippen LogP contribution in [0.25, 0.3) is 0 Å². The third-order valence-electron chi connectivity index (χ3n) is 4.11. The van der Waals surface area contributed by atoms with E-state index in [2.05, 4.69) is 5.32 Å². The molecule has 0 bridgehead atoms. The summed E-state index contributed by atoms with van der Waals surface area (Å²) in [5, 5.41) is 11.8. The molecule has 0 aliphatic carbocycles. The van der Waals surface area contributed by atoms with Gasteiger partial charge < -0.3 is 10.4 Å². The Hall–Kier alpha value is -2.76. The van der Waals surface area contributed by atoms with Crippen LogP contribution in [0.4, 0.5) is 8.78 Å². The van der Waals surface area contributed by atoms with Gasteiger partial charge in [-0.1, -0.05) is 24.3 Å². The third-order valence-corrected chi connectivity index (χ3v) is 4.11. The zero-order chi connectivity index (χ0) is 18.6. The van der Waals surface area contributed by atoms with E-state index in [-0.39, 0.29) is 24.4 Å². The molecule has 132 valence electrons. The number of nitrogens with one attached hydrogen (secondary N) is 1. The lowest BCUT2D eigenvalue weighted by molar-refractivity contribution is -0.142. The van der Waals surface area contributed by atoms with Crippen molar-refractivity contribution in [3.63, 3.8) is 0 Å². The standard InChI is InChI=1S/C19H19F2NO3/c1-19(2,18(24)25)14-8-6-13(7-9-14)17(23)22-11-10-12-4-3-5-15(20)16(12)21/h3-9H,10-11H2,1-2H3,(H,22,23)(H,24,25). The van der Waals surface area contributed by atoms with Crippen molar-refractivity contribution < 1.29 is 23.5 Å². The van der Waals surface area contributed by atoms with Gasteiger partial charge in [-0.05, 0) is 49.6 Å². The molecule has 0 heterocycles. The number of halogens is 2.